The van der Waals surface area contributed by atoms with Gasteiger partial charge in [-0.1, -0.05) is 0 Å². The van der Waals surface area contributed by atoms with Crippen LogP contribution in [0.15, 0.2) is 0 Å². The summed E-state index contributed by atoms with van der Waals surface area (Å²) < 4.78 is 0. The topological polar surface area (TPSA) is 18.5 Å². The van der Waals surface area contributed by atoms with Crippen molar-refractivity contribution >= 4 is 0 Å². The zero-order valence-corrected chi connectivity index (χ0v) is 11.2. The van der Waals surface area contributed by atoms with Crippen molar-refractivity contribution in [3.8, 4) is 0 Å². The smallest absolute Gasteiger partial charge is 0.0224 e. The van der Waals surface area contributed by atoms with Crippen molar-refractivity contribution < 1.29 is 0 Å². The van der Waals surface area contributed by atoms with Crippen molar-refractivity contribution in [2.24, 2.45) is 5.92 Å². The number of hydrogen-bond acceptors (Lipinski definition) is 3. The van der Waals surface area contributed by atoms with E-state index >= 15 is 0 Å². The summed E-state index contributed by atoms with van der Waals surface area (Å²) in [7, 11) is 0. The summed E-state index contributed by atoms with van der Waals surface area (Å²) in [6, 6.07) is 1.63. The Hall–Kier alpha value is -0.120. The third-order valence-electron chi connectivity index (χ3n) is 4.89. The summed E-state index contributed by atoms with van der Waals surface area (Å²) in [4.78, 5) is 5.36. The number of nitrogens with zero attached hydrogens (tertiary/aromatic N) is 2. The van der Waals surface area contributed by atoms with Crippen LogP contribution in [0.1, 0.15) is 32.6 Å². The lowest BCUT2D eigenvalue weighted by molar-refractivity contribution is 0.104. The molecular formula is C14H27N3. The molecule has 3 rings (SSSR count). The van der Waals surface area contributed by atoms with E-state index in [4.69, 9.17) is 0 Å². The van der Waals surface area contributed by atoms with Gasteiger partial charge in [0.2, 0.25) is 0 Å². The van der Waals surface area contributed by atoms with Crippen LogP contribution in [0.4, 0.5) is 0 Å². The summed E-state index contributed by atoms with van der Waals surface area (Å²) in [5.41, 5.74) is 0. The van der Waals surface area contributed by atoms with Gasteiger partial charge in [-0.25, -0.2) is 0 Å². The molecule has 1 saturated carbocycles. The van der Waals surface area contributed by atoms with Gasteiger partial charge in [0, 0.05) is 44.8 Å². The lowest BCUT2D eigenvalue weighted by atomic mass is 10.1. The maximum absolute atomic E-state index is 3.70. The molecule has 1 aliphatic carbocycles. The van der Waals surface area contributed by atoms with Gasteiger partial charge in [-0.15, -0.1) is 0 Å². The first-order valence-corrected chi connectivity index (χ1v) is 7.53. The van der Waals surface area contributed by atoms with Crippen LogP contribution >= 0.6 is 0 Å². The van der Waals surface area contributed by atoms with Crippen LogP contribution in [0, 0.1) is 5.92 Å². The van der Waals surface area contributed by atoms with Crippen molar-refractivity contribution in [3.05, 3.63) is 0 Å². The summed E-state index contributed by atoms with van der Waals surface area (Å²) in [6.45, 7) is 10.1. The number of hydrogen-bond donors (Lipinski definition) is 1. The fraction of sp³-hybridized carbons (Fsp3) is 1.00. The lowest BCUT2D eigenvalue weighted by Crippen LogP contribution is -2.51. The molecular weight excluding hydrogens is 210 g/mol. The molecule has 2 atom stereocenters. The van der Waals surface area contributed by atoms with Crippen molar-refractivity contribution in [1.82, 2.24) is 15.1 Å². The first-order chi connectivity index (χ1) is 8.33. The van der Waals surface area contributed by atoms with Gasteiger partial charge in [0.25, 0.3) is 0 Å². The van der Waals surface area contributed by atoms with Crippen LogP contribution in [-0.2, 0) is 0 Å². The molecule has 0 spiro atoms. The van der Waals surface area contributed by atoms with Crippen molar-refractivity contribution in [1.29, 1.82) is 0 Å². The minimum Gasteiger partial charge on any atom is -0.313 e. The Morgan fingerprint density at radius 2 is 2.06 bits per heavy atom. The second-order valence-corrected chi connectivity index (χ2v) is 6.21. The monoisotopic (exact) mass is 237 g/mol. The van der Waals surface area contributed by atoms with Gasteiger partial charge >= 0.3 is 0 Å². The normalized spacial score (nSPS) is 32.6. The first-order valence-electron chi connectivity index (χ1n) is 7.53. The third kappa shape index (κ3) is 3.01. The lowest BCUT2D eigenvalue weighted by Gasteiger charge is -2.37. The summed E-state index contributed by atoms with van der Waals surface area (Å²) in [5, 5.41) is 3.70. The average Bonchev–Trinajstić information content (AvgIpc) is 3.08. The second kappa shape index (κ2) is 5.25. The highest BCUT2D eigenvalue weighted by Gasteiger charge is 2.30. The minimum absolute atomic E-state index is 0.753. The van der Waals surface area contributed by atoms with Gasteiger partial charge in [-0.2, -0.15) is 0 Å². The Balaban J connectivity index is 1.34. The molecule has 0 aromatic carbocycles. The van der Waals surface area contributed by atoms with Gasteiger partial charge < -0.3 is 5.32 Å². The highest BCUT2D eigenvalue weighted by Crippen LogP contribution is 2.32. The van der Waals surface area contributed by atoms with Crippen LogP contribution in [0.3, 0.4) is 0 Å². The Labute approximate surface area is 106 Å². The van der Waals surface area contributed by atoms with Crippen LogP contribution in [0.2, 0.25) is 0 Å². The summed E-state index contributed by atoms with van der Waals surface area (Å²) in [5.74, 6) is 0.988. The molecule has 17 heavy (non-hydrogen) atoms. The van der Waals surface area contributed by atoms with Gasteiger partial charge in [-0.05, 0) is 45.1 Å². The van der Waals surface area contributed by atoms with Gasteiger partial charge in [0.15, 0.2) is 0 Å². The van der Waals surface area contributed by atoms with Crippen molar-refractivity contribution in [2.45, 2.75) is 44.7 Å². The summed E-state index contributed by atoms with van der Waals surface area (Å²) >= 11 is 0. The van der Waals surface area contributed by atoms with E-state index in [0.717, 1.165) is 18.0 Å². The highest BCUT2D eigenvalue weighted by molar-refractivity contribution is 4.87. The molecule has 0 aromatic heterocycles. The van der Waals surface area contributed by atoms with Crippen LogP contribution in [0.25, 0.3) is 0 Å². The molecule has 2 saturated heterocycles. The fourth-order valence-electron chi connectivity index (χ4n) is 3.47. The number of fused-ring (bicyclic) bond motifs is 1. The number of nitrogens with one attached hydrogen (secondary N) is 1. The quantitative estimate of drug-likeness (QED) is 0.774. The SMILES string of the molecule is CC(NCCN1CCN2CCCC2C1)C1CC1. The molecule has 3 nitrogen and oxygen atoms in total. The molecule has 0 bridgehead atoms. The van der Waals surface area contributed by atoms with Crippen LogP contribution < -0.4 is 5.32 Å². The molecule has 2 aliphatic heterocycles. The van der Waals surface area contributed by atoms with E-state index in [1.54, 1.807) is 0 Å². The molecule has 0 amide bonds. The van der Waals surface area contributed by atoms with E-state index < -0.39 is 0 Å². The molecule has 3 heteroatoms. The molecule has 3 aliphatic rings. The Bertz CT molecular complexity index is 252. The maximum atomic E-state index is 3.70. The zero-order chi connectivity index (χ0) is 11.7. The molecule has 0 radical (unpaired) electrons. The molecule has 2 unspecified atom stereocenters. The molecule has 2 heterocycles. The van der Waals surface area contributed by atoms with E-state index in [-0.39, 0.29) is 0 Å². The van der Waals surface area contributed by atoms with Crippen LogP contribution in [0.5, 0.6) is 0 Å². The van der Waals surface area contributed by atoms with Crippen molar-refractivity contribution in [2.75, 3.05) is 39.3 Å². The molecule has 1 N–H and O–H groups in total. The van der Waals surface area contributed by atoms with Gasteiger partial charge in [0.1, 0.15) is 0 Å². The second-order valence-electron chi connectivity index (χ2n) is 6.21. The highest BCUT2D eigenvalue weighted by atomic mass is 15.3. The number of piperazine rings is 1. The first kappa shape index (κ1) is 11.9. The van der Waals surface area contributed by atoms with Gasteiger partial charge in [-0.3, -0.25) is 9.80 Å². The predicted molar refractivity (Wildman–Crippen MR) is 71.2 cm³/mol. The van der Waals surface area contributed by atoms with E-state index in [2.05, 4.69) is 22.0 Å². The standard InChI is InChI=1S/C14H27N3/c1-12(13-4-5-13)15-6-8-16-9-10-17-7-2-3-14(17)11-16/h12-15H,2-11H2,1H3. The van der Waals surface area contributed by atoms with Crippen molar-refractivity contribution in [3.63, 3.8) is 0 Å². The van der Waals surface area contributed by atoms with Crippen LogP contribution in [-0.4, -0.2) is 61.2 Å². The Morgan fingerprint density at radius 3 is 2.88 bits per heavy atom. The van der Waals surface area contributed by atoms with E-state index in [1.165, 1.54) is 65.0 Å². The maximum Gasteiger partial charge on any atom is 0.0224 e. The molecule has 0 aromatic rings. The minimum atomic E-state index is 0.753. The fourth-order valence-corrected chi connectivity index (χ4v) is 3.47. The van der Waals surface area contributed by atoms with E-state index in [9.17, 15) is 0 Å². The average molecular weight is 237 g/mol. The molecule has 98 valence electrons. The summed E-state index contributed by atoms with van der Waals surface area (Å²) in [6.07, 6.45) is 5.77. The van der Waals surface area contributed by atoms with E-state index in [0.29, 0.717) is 0 Å². The van der Waals surface area contributed by atoms with E-state index in [1.807, 2.05) is 0 Å². The van der Waals surface area contributed by atoms with Gasteiger partial charge in [0.05, 0.1) is 0 Å². The largest absolute Gasteiger partial charge is 0.313 e. The number of rotatable bonds is 5. The predicted octanol–water partition coefficient (Wildman–Crippen LogP) is 1.15. The molecule has 3 fully saturated rings. The Kier molecular flexibility index (Phi) is 3.69. The zero-order valence-electron chi connectivity index (χ0n) is 11.2. The Morgan fingerprint density at radius 1 is 1.18 bits per heavy atom. The third-order valence-corrected chi connectivity index (χ3v) is 4.89.